The van der Waals surface area contributed by atoms with E-state index in [-0.39, 0.29) is 11.5 Å². The maximum atomic E-state index is 11.7. The molecule has 38 heavy (non-hydrogen) atoms. The van der Waals surface area contributed by atoms with Gasteiger partial charge in [-0.3, -0.25) is 14.7 Å². The number of nitro groups is 1. The second kappa shape index (κ2) is 12.4. The van der Waals surface area contributed by atoms with Crippen LogP contribution in [0.5, 0.6) is 11.5 Å². The third-order valence-electron chi connectivity index (χ3n) is 5.86. The number of benzene rings is 3. The lowest BCUT2D eigenvalue weighted by Crippen LogP contribution is -2.12. The van der Waals surface area contributed by atoms with Gasteiger partial charge in [-0.25, -0.2) is 0 Å². The van der Waals surface area contributed by atoms with Crippen LogP contribution >= 0.6 is 27.7 Å². The maximum Gasteiger partial charge on any atom is 0.220 e. The predicted molar refractivity (Wildman–Crippen MR) is 152 cm³/mol. The molecular formula is C28H29BrN4O4S. The largest absolute Gasteiger partial charge is 0.490 e. The Morgan fingerprint density at radius 1 is 1.00 bits per heavy atom. The van der Waals surface area contributed by atoms with Crippen molar-refractivity contribution < 1.29 is 14.4 Å². The SMILES string of the molecule is CCOc1cc([C@H](C[N+](=O)[O-])Sc2nnc(C)n2-c2ccc(C)cc2)cc(Br)c1OCc1ccc(C)cc1. The zero-order chi connectivity index (χ0) is 27.2. The van der Waals surface area contributed by atoms with E-state index >= 15 is 0 Å². The van der Waals surface area contributed by atoms with Gasteiger partial charge in [-0.05, 0) is 79.0 Å². The summed E-state index contributed by atoms with van der Waals surface area (Å²) in [7, 11) is 0. The molecule has 0 saturated heterocycles. The van der Waals surface area contributed by atoms with Gasteiger partial charge in [-0.2, -0.15) is 0 Å². The first-order chi connectivity index (χ1) is 18.2. The van der Waals surface area contributed by atoms with Gasteiger partial charge in [-0.1, -0.05) is 59.3 Å². The van der Waals surface area contributed by atoms with Crippen molar-refractivity contribution >= 4 is 27.7 Å². The average molecular weight is 598 g/mol. The molecule has 1 atom stereocenters. The van der Waals surface area contributed by atoms with E-state index < -0.39 is 5.25 Å². The van der Waals surface area contributed by atoms with Crippen LogP contribution in [0.15, 0.2) is 70.3 Å². The highest BCUT2D eigenvalue weighted by Crippen LogP contribution is 2.43. The van der Waals surface area contributed by atoms with Crippen LogP contribution in [0.25, 0.3) is 5.69 Å². The van der Waals surface area contributed by atoms with Gasteiger partial charge < -0.3 is 9.47 Å². The van der Waals surface area contributed by atoms with Crippen molar-refractivity contribution in [2.75, 3.05) is 13.2 Å². The molecule has 0 saturated carbocycles. The monoisotopic (exact) mass is 596 g/mol. The minimum absolute atomic E-state index is 0.300. The van der Waals surface area contributed by atoms with E-state index in [0.29, 0.717) is 40.2 Å². The van der Waals surface area contributed by atoms with Crippen molar-refractivity contribution in [2.45, 2.75) is 44.7 Å². The lowest BCUT2D eigenvalue weighted by molar-refractivity contribution is -0.479. The quantitative estimate of drug-likeness (QED) is 0.104. The standard InChI is InChI=1S/C28H29BrN4O4S/c1-5-36-25-15-22(14-24(29)27(25)37-17-21-10-6-18(2)7-11-21)26(16-32(34)35)38-28-31-30-20(4)33(28)23-12-8-19(3)9-13-23/h6-15,26H,5,16-17H2,1-4H3/t26-/m0/s1. The highest BCUT2D eigenvalue weighted by atomic mass is 79.9. The molecule has 0 unspecified atom stereocenters. The van der Waals surface area contributed by atoms with Gasteiger partial charge >= 0.3 is 0 Å². The summed E-state index contributed by atoms with van der Waals surface area (Å²) in [5.41, 5.74) is 4.97. The second-order valence-electron chi connectivity index (χ2n) is 8.86. The number of halogens is 1. The number of hydrogen-bond acceptors (Lipinski definition) is 7. The Balaban J connectivity index is 1.66. The number of aryl methyl sites for hydroxylation is 3. The first-order valence-corrected chi connectivity index (χ1v) is 13.8. The molecule has 0 spiro atoms. The summed E-state index contributed by atoms with van der Waals surface area (Å²) in [5, 5.41) is 20.3. The highest BCUT2D eigenvalue weighted by Gasteiger charge is 2.26. The fourth-order valence-corrected chi connectivity index (χ4v) is 5.63. The van der Waals surface area contributed by atoms with Crippen LogP contribution in [0.2, 0.25) is 0 Å². The van der Waals surface area contributed by atoms with Gasteiger partial charge in [0, 0.05) is 10.6 Å². The van der Waals surface area contributed by atoms with E-state index in [1.165, 1.54) is 17.3 Å². The molecule has 0 aliphatic carbocycles. The molecule has 4 rings (SSSR count). The van der Waals surface area contributed by atoms with Crippen molar-refractivity contribution in [3.8, 4) is 17.2 Å². The van der Waals surface area contributed by atoms with E-state index in [0.717, 1.165) is 22.4 Å². The molecule has 3 aromatic carbocycles. The molecule has 0 amide bonds. The number of ether oxygens (including phenoxy) is 2. The van der Waals surface area contributed by atoms with E-state index in [1.807, 2.05) is 92.9 Å². The van der Waals surface area contributed by atoms with Gasteiger partial charge in [0.25, 0.3) is 0 Å². The van der Waals surface area contributed by atoms with Crippen molar-refractivity contribution in [3.63, 3.8) is 0 Å². The number of rotatable bonds is 11. The summed E-state index contributed by atoms with van der Waals surface area (Å²) >= 11 is 4.92. The summed E-state index contributed by atoms with van der Waals surface area (Å²) in [6.45, 7) is 8.30. The molecule has 0 aliphatic rings. The molecule has 0 N–H and O–H groups in total. The third kappa shape index (κ3) is 6.73. The average Bonchev–Trinajstić information content (AvgIpc) is 3.24. The Kier molecular flexibility index (Phi) is 9.06. The molecule has 0 aliphatic heterocycles. The molecule has 0 bridgehead atoms. The minimum Gasteiger partial charge on any atom is -0.490 e. The molecule has 8 nitrogen and oxygen atoms in total. The summed E-state index contributed by atoms with van der Waals surface area (Å²) in [6, 6.07) is 19.8. The smallest absolute Gasteiger partial charge is 0.220 e. The van der Waals surface area contributed by atoms with E-state index in [1.54, 1.807) is 0 Å². The number of thioether (sulfide) groups is 1. The van der Waals surface area contributed by atoms with Gasteiger partial charge in [0.1, 0.15) is 17.7 Å². The minimum atomic E-state index is -0.542. The van der Waals surface area contributed by atoms with E-state index in [4.69, 9.17) is 9.47 Å². The molecular weight excluding hydrogens is 568 g/mol. The fraction of sp³-hybridized carbons (Fsp3) is 0.286. The molecule has 1 aromatic heterocycles. The van der Waals surface area contributed by atoms with E-state index in [2.05, 4.69) is 26.1 Å². The zero-order valence-corrected chi connectivity index (χ0v) is 24.1. The zero-order valence-electron chi connectivity index (χ0n) is 21.7. The lowest BCUT2D eigenvalue weighted by Gasteiger charge is -2.19. The van der Waals surface area contributed by atoms with Crippen LogP contribution in [0.4, 0.5) is 0 Å². The maximum absolute atomic E-state index is 11.7. The Labute approximate surface area is 234 Å². The van der Waals surface area contributed by atoms with Crippen LogP contribution in [-0.4, -0.2) is 32.8 Å². The third-order valence-corrected chi connectivity index (χ3v) is 7.63. The van der Waals surface area contributed by atoms with Gasteiger partial charge in [0.2, 0.25) is 6.54 Å². The molecule has 4 aromatic rings. The van der Waals surface area contributed by atoms with Crippen molar-refractivity contribution in [3.05, 3.63) is 103 Å². The molecule has 0 radical (unpaired) electrons. The van der Waals surface area contributed by atoms with Gasteiger partial charge in [0.05, 0.1) is 11.1 Å². The Morgan fingerprint density at radius 2 is 1.66 bits per heavy atom. The predicted octanol–water partition coefficient (Wildman–Crippen LogP) is 7.04. The first kappa shape index (κ1) is 27.7. The molecule has 10 heteroatoms. The fourth-order valence-electron chi connectivity index (χ4n) is 3.90. The van der Waals surface area contributed by atoms with Crippen LogP contribution in [-0.2, 0) is 6.61 Å². The molecule has 1 heterocycles. The molecule has 0 fully saturated rings. The normalized spacial score (nSPS) is 11.8. The van der Waals surface area contributed by atoms with Gasteiger partial charge in [0.15, 0.2) is 16.7 Å². The van der Waals surface area contributed by atoms with Crippen LogP contribution < -0.4 is 9.47 Å². The Bertz CT molecular complexity index is 1410. The van der Waals surface area contributed by atoms with Crippen molar-refractivity contribution in [1.82, 2.24) is 14.8 Å². The van der Waals surface area contributed by atoms with Crippen molar-refractivity contribution in [1.29, 1.82) is 0 Å². The first-order valence-electron chi connectivity index (χ1n) is 12.2. The highest BCUT2D eigenvalue weighted by molar-refractivity contribution is 9.10. The topological polar surface area (TPSA) is 92.3 Å². The Hall–Kier alpha value is -3.37. The van der Waals surface area contributed by atoms with Crippen LogP contribution in [0, 0.1) is 30.9 Å². The molecule has 198 valence electrons. The van der Waals surface area contributed by atoms with Crippen LogP contribution in [0.1, 0.15) is 40.3 Å². The second-order valence-corrected chi connectivity index (χ2v) is 10.9. The number of hydrogen-bond donors (Lipinski definition) is 0. The van der Waals surface area contributed by atoms with E-state index in [9.17, 15) is 10.1 Å². The summed E-state index contributed by atoms with van der Waals surface area (Å²) in [4.78, 5) is 11.4. The van der Waals surface area contributed by atoms with Crippen molar-refractivity contribution in [2.24, 2.45) is 0 Å². The van der Waals surface area contributed by atoms with Gasteiger partial charge in [-0.15, -0.1) is 10.2 Å². The number of aromatic nitrogens is 3. The summed E-state index contributed by atoms with van der Waals surface area (Å²) in [6.07, 6.45) is 0. The number of nitrogens with zero attached hydrogens (tertiary/aromatic N) is 4. The summed E-state index contributed by atoms with van der Waals surface area (Å²) < 4.78 is 14.6. The lowest BCUT2D eigenvalue weighted by atomic mass is 10.1. The summed E-state index contributed by atoms with van der Waals surface area (Å²) in [5.74, 6) is 1.78. The Morgan fingerprint density at radius 3 is 2.29 bits per heavy atom. The van der Waals surface area contributed by atoms with Crippen LogP contribution in [0.3, 0.4) is 0 Å².